The molecule has 0 aromatic carbocycles. The van der Waals surface area contributed by atoms with E-state index in [1.165, 1.54) is 30.1 Å². The Hall–Kier alpha value is -2.80. The summed E-state index contributed by atoms with van der Waals surface area (Å²) >= 11 is 1.24. The van der Waals surface area contributed by atoms with Gasteiger partial charge in [-0.2, -0.15) is 18.4 Å². The highest BCUT2D eigenvalue weighted by atomic mass is 32.2. The van der Waals surface area contributed by atoms with Gasteiger partial charge in [-0.05, 0) is 12.5 Å². The third-order valence-electron chi connectivity index (χ3n) is 3.25. The van der Waals surface area contributed by atoms with Crippen LogP contribution in [-0.4, -0.2) is 20.7 Å². The molecule has 128 valence electrons. The maximum atomic E-state index is 12.9. The van der Waals surface area contributed by atoms with Gasteiger partial charge in [-0.3, -0.25) is 4.98 Å². The summed E-state index contributed by atoms with van der Waals surface area (Å²) in [6, 6.07) is 4.60. The average Bonchev–Trinajstić information content (AvgIpc) is 2.97. The van der Waals surface area contributed by atoms with Crippen molar-refractivity contribution in [1.29, 1.82) is 5.26 Å². The Balaban J connectivity index is 1.73. The highest BCUT2D eigenvalue weighted by Crippen LogP contribution is 2.36. The minimum Gasteiger partial charge on any atom is -0.462 e. The van der Waals surface area contributed by atoms with Gasteiger partial charge >= 0.3 is 6.18 Å². The van der Waals surface area contributed by atoms with Crippen LogP contribution in [0.5, 0.6) is 0 Å². The van der Waals surface area contributed by atoms with Crippen molar-refractivity contribution >= 4 is 28.5 Å². The van der Waals surface area contributed by atoms with Gasteiger partial charge in [0.15, 0.2) is 10.7 Å². The van der Waals surface area contributed by atoms with Gasteiger partial charge in [0.1, 0.15) is 29.4 Å². The van der Waals surface area contributed by atoms with Crippen LogP contribution in [-0.2, 0) is 12.6 Å². The summed E-state index contributed by atoms with van der Waals surface area (Å²) in [5.41, 5.74) is 5.48. The number of anilines is 1. The second-order valence-corrected chi connectivity index (χ2v) is 6.05. The van der Waals surface area contributed by atoms with E-state index in [1.807, 2.05) is 6.07 Å². The molecule has 25 heavy (non-hydrogen) atoms. The second-order valence-electron chi connectivity index (χ2n) is 4.99. The predicted octanol–water partition coefficient (Wildman–Crippen LogP) is 3.43. The lowest BCUT2D eigenvalue weighted by Crippen LogP contribution is -2.03. The molecular weight excluding hydrogens is 355 g/mol. The van der Waals surface area contributed by atoms with Crippen LogP contribution in [0.3, 0.4) is 0 Å². The number of furan rings is 1. The number of hydrogen-bond donors (Lipinski definition) is 1. The van der Waals surface area contributed by atoms with Gasteiger partial charge in [0.05, 0.1) is 6.20 Å². The van der Waals surface area contributed by atoms with Crippen LogP contribution in [0, 0.1) is 11.3 Å². The standard InChI is InChI=1S/C15H10F3N5OS/c16-15(17,18)11-7-24-12-6-21-8(3-10(11)12)1-2-25-14-22-9(5-19)4-13(20)23-14/h3-4,6-7H,1-2H2,(H2,20,22,23). The molecule has 6 nitrogen and oxygen atoms in total. The predicted molar refractivity (Wildman–Crippen MR) is 84.6 cm³/mol. The van der Waals surface area contributed by atoms with Crippen molar-refractivity contribution in [1.82, 2.24) is 15.0 Å². The lowest BCUT2D eigenvalue weighted by atomic mass is 10.1. The topological polar surface area (TPSA) is 102 Å². The molecule has 0 saturated heterocycles. The fourth-order valence-electron chi connectivity index (χ4n) is 2.14. The molecule has 0 amide bonds. The summed E-state index contributed by atoms with van der Waals surface area (Å²) < 4.78 is 43.7. The van der Waals surface area contributed by atoms with Gasteiger partial charge in [0.2, 0.25) is 0 Å². The van der Waals surface area contributed by atoms with E-state index in [9.17, 15) is 13.2 Å². The van der Waals surface area contributed by atoms with E-state index < -0.39 is 11.7 Å². The number of hydrogen-bond acceptors (Lipinski definition) is 7. The highest BCUT2D eigenvalue weighted by molar-refractivity contribution is 7.99. The molecule has 0 aliphatic heterocycles. The Morgan fingerprint density at radius 3 is 2.80 bits per heavy atom. The molecule has 10 heteroatoms. The van der Waals surface area contributed by atoms with E-state index in [-0.39, 0.29) is 22.5 Å². The Labute approximate surface area is 143 Å². The van der Waals surface area contributed by atoms with Crippen LogP contribution in [0.1, 0.15) is 17.0 Å². The zero-order valence-corrected chi connectivity index (χ0v) is 13.4. The molecule has 0 atom stereocenters. The molecule has 3 aromatic rings. The number of thioether (sulfide) groups is 1. The summed E-state index contributed by atoms with van der Waals surface area (Å²) in [7, 11) is 0. The normalized spacial score (nSPS) is 11.6. The maximum Gasteiger partial charge on any atom is 0.420 e. The molecule has 2 N–H and O–H groups in total. The van der Waals surface area contributed by atoms with E-state index in [1.54, 1.807) is 0 Å². The number of nitrogens with zero attached hydrogens (tertiary/aromatic N) is 4. The van der Waals surface area contributed by atoms with Crippen molar-refractivity contribution in [3.63, 3.8) is 0 Å². The zero-order valence-electron chi connectivity index (χ0n) is 12.5. The van der Waals surface area contributed by atoms with Crippen LogP contribution >= 0.6 is 11.8 Å². The van der Waals surface area contributed by atoms with Crippen molar-refractivity contribution in [2.24, 2.45) is 0 Å². The number of aryl methyl sites for hydroxylation is 1. The van der Waals surface area contributed by atoms with Gasteiger partial charge in [0.25, 0.3) is 0 Å². The van der Waals surface area contributed by atoms with Crippen LogP contribution in [0.25, 0.3) is 11.0 Å². The van der Waals surface area contributed by atoms with E-state index in [0.717, 1.165) is 0 Å². The number of nitrogens with two attached hydrogens (primary N) is 1. The minimum absolute atomic E-state index is 0.0190. The van der Waals surface area contributed by atoms with Gasteiger partial charge in [-0.1, -0.05) is 11.8 Å². The number of fused-ring (bicyclic) bond motifs is 1. The Bertz CT molecular complexity index is 964. The summed E-state index contributed by atoms with van der Waals surface area (Å²) in [6.07, 6.45) is -2.13. The molecule has 0 bridgehead atoms. The fourth-order valence-corrected chi connectivity index (χ4v) is 2.97. The van der Waals surface area contributed by atoms with Crippen molar-refractivity contribution < 1.29 is 17.6 Å². The molecule has 0 aliphatic carbocycles. The first-order chi connectivity index (χ1) is 11.9. The van der Waals surface area contributed by atoms with Crippen molar-refractivity contribution in [3.05, 3.63) is 41.5 Å². The molecule has 0 radical (unpaired) electrons. The third-order valence-corrected chi connectivity index (χ3v) is 4.10. The molecule has 3 aromatic heterocycles. The first-order valence-corrected chi connectivity index (χ1v) is 7.96. The quantitative estimate of drug-likeness (QED) is 0.558. The zero-order chi connectivity index (χ0) is 18.0. The SMILES string of the molecule is N#Cc1cc(N)nc(SCCc2cc3c(C(F)(F)F)coc3cn2)n1. The van der Waals surface area contributed by atoms with Crippen molar-refractivity contribution in [3.8, 4) is 6.07 Å². The largest absolute Gasteiger partial charge is 0.462 e. The first kappa shape index (κ1) is 17.0. The monoisotopic (exact) mass is 365 g/mol. The number of halogens is 3. The molecule has 3 heterocycles. The summed E-state index contributed by atoms with van der Waals surface area (Å²) in [5.74, 6) is 0.647. The van der Waals surface area contributed by atoms with Crippen molar-refractivity contribution in [2.75, 3.05) is 11.5 Å². The Morgan fingerprint density at radius 1 is 1.28 bits per heavy atom. The molecule has 0 unspecified atom stereocenters. The number of nitrogen functional groups attached to an aromatic ring is 1. The molecule has 0 spiro atoms. The Morgan fingerprint density at radius 2 is 2.08 bits per heavy atom. The van der Waals surface area contributed by atoms with E-state index in [2.05, 4.69) is 15.0 Å². The molecular formula is C15H10F3N5OS. The van der Waals surface area contributed by atoms with Gasteiger partial charge in [0, 0.05) is 22.9 Å². The lowest BCUT2D eigenvalue weighted by Gasteiger charge is -2.05. The van der Waals surface area contributed by atoms with Crippen LogP contribution in [0.2, 0.25) is 0 Å². The number of pyridine rings is 1. The Kier molecular flexibility index (Phi) is 4.50. The highest BCUT2D eigenvalue weighted by Gasteiger charge is 2.34. The van der Waals surface area contributed by atoms with E-state index >= 15 is 0 Å². The van der Waals surface area contributed by atoms with Crippen LogP contribution in [0.15, 0.2) is 34.2 Å². The van der Waals surface area contributed by atoms with E-state index in [4.69, 9.17) is 15.4 Å². The number of nitriles is 1. The smallest absolute Gasteiger partial charge is 0.420 e. The second kappa shape index (κ2) is 6.60. The fraction of sp³-hybridized carbons (Fsp3) is 0.200. The van der Waals surface area contributed by atoms with Crippen LogP contribution in [0.4, 0.5) is 19.0 Å². The van der Waals surface area contributed by atoms with Gasteiger partial charge in [-0.25, -0.2) is 9.97 Å². The van der Waals surface area contributed by atoms with Crippen LogP contribution < -0.4 is 5.73 Å². The number of alkyl halides is 3. The number of rotatable bonds is 4. The minimum atomic E-state index is -4.48. The van der Waals surface area contributed by atoms with E-state index in [0.29, 0.717) is 29.3 Å². The van der Waals surface area contributed by atoms with Crippen molar-refractivity contribution in [2.45, 2.75) is 17.8 Å². The summed E-state index contributed by atoms with van der Waals surface area (Å²) in [4.78, 5) is 12.1. The maximum absolute atomic E-state index is 12.9. The van der Waals surface area contributed by atoms with Gasteiger partial charge in [-0.15, -0.1) is 0 Å². The van der Waals surface area contributed by atoms with Gasteiger partial charge < -0.3 is 10.2 Å². The summed E-state index contributed by atoms with van der Waals surface area (Å²) in [5, 5.41) is 9.16. The summed E-state index contributed by atoms with van der Waals surface area (Å²) in [6.45, 7) is 0. The molecule has 0 saturated carbocycles. The molecule has 0 fully saturated rings. The molecule has 3 rings (SSSR count). The number of aromatic nitrogens is 3. The average molecular weight is 365 g/mol. The lowest BCUT2D eigenvalue weighted by molar-refractivity contribution is -0.136. The third kappa shape index (κ3) is 3.83. The first-order valence-electron chi connectivity index (χ1n) is 6.97. The molecule has 0 aliphatic rings.